The van der Waals surface area contributed by atoms with Crippen LogP contribution < -0.4 is 0 Å². The van der Waals surface area contributed by atoms with Gasteiger partial charge >= 0.3 is 17.9 Å². The number of ketones is 1. The lowest BCUT2D eigenvalue weighted by Gasteiger charge is -2.65. The van der Waals surface area contributed by atoms with Crippen LogP contribution in [0.2, 0.25) is 0 Å². The number of allylic oxidation sites excluding steroid dienone is 1. The lowest BCUT2D eigenvalue weighted by Crippen LogP contribution is -2.72. The van der Waals surface area contributed by atoms with Crippen molar-refractivity contribution in [2.24, 2.45) is 28.1 Å². The molecule has 188 valence electrons. The second-order valence-electron chi connectivity index (χ2n) is 12.1. The first-order chi connectivity index (χ1) is 16.2. The second kappa shape index (κ2) is 6.42. The van der Waals surface area contributed by atoms with Crippen LogP contribution in [-0.2, 0) is 38.1 Å². The van der Waals surface area contributed by atoms with E-state index in [0.29, 0.717) is 12.8 Å². The highest BCUT2D eigenvalue weighted by molar-refractivity contribution is 5.94. The van der Waals surface area contributed by atoms with E-state index in [0.717, 1.165) is 6.08 Å². The van der Waals surface area contributed by atoms with Gasteiger partial charge in [0.2, 0.25) is 6.29 Å². The highest BCUT2D eigenvalue weighted by Gasteiger charge is 2.88. The summed E-state index contributed by atoms with van der Waals surface area (Å²) in [7, 11) is 0. The van der Waals surface area contributed by atoms with E-state index in [1.54, 1.807) is 0 Å². The number of rotatable bonds is 1. The smallest absolute Gasteiger partial charge is 0.339 e. The van der Waals surface area contributed by atoms with E-state index in [-0.39, 0.29) is 29.6 Å². The van der Waals surface area contributed by atoms with Crippen molar-refractivity contribution >= 4 is 23.7 Å². The fourth-order valence-corrected chi connectivity index (χ4v) is 8.69. The molecule has 1 spiro atoms. The number of cyclic esters (lactones) is 3. The zero-order valence-electron chi connectivity index (χ0n) is 20.5. The number of aliphatic hydroxyl groups is 1. The van der Waals surface area contributed by atoms with Gasteiger partial charge in [-0.1, -0.05) is 19.9 Å². The standard InChI is InChI=1S/C26H30O9/c1-22(2)14-11-15(27)25(5)13(23(14,3)8-7-16(28)34-22)6-9-24(4)18(12-10-17(29)32-20(12)30)33-21(31)19-26(24,25)35-19/h7-8,10,13-14,18-20,30H,6,9,11H2,1-5H3/t13-,14+,18+,19-,20+,23-,24+,25+,26-/m1/s1. The van der Waals surface area contributed by atoms with E-state index in [2.05, 4.69) is 6.92 Å². The number of fused-ring (bicyclic) bond motifs is 3. The number of Topliss-reactive ketones (excluding diaryl/α,β-unsaturated/α-hetero) is 1. The molecule has 4 heterocycles. The molecule has 6 rings (SSSR count). The van der Waals surface area contributed by atoms with Gasteiger partial charge < -0.3 is 24.1 Å². The van der Waals surface area contributed by atoms with Gasteiger partial charge in [0, 0.05) is 35.5 Å². The predicted octanol–water partition coefficient (Wildman–Crippen LogP) is 1.76. The Morgan fingerprint density at radius 3 is 2.31 bits per heavy atom. The van der Waals surface area contributed by atoms with Crippen LogP contribution in [0.5, 0.6) is 0 Å². The molecular weight excluding hydrogens is 456 g/mol. The predicted molar refractivity (Wildman–Crippen MR) is 117 cm³/mol. The number of carbonyl (C=O) groups is 4. The van der Waals surface area contributed by atoms with E-state index in [4.69, 9.17) is 18.9 Å². The Bertz CT molecular complexity index is 1150. The molecule has 2 saturated heterocycles. The van der Waals surface area contributed by atoms with Crippen LogP contribution in [0, 0.1) is 28.1 Å². The van der Waals surface area contributed by atoms with Gasteiger partial charge in [-0.05, 0) is 44.9 Å². The quantitative estimate of drug-likeness (QED) is 0.335. The summed E-state index contributed by atoms with van der Waals surface area (Å²) in [5.41, 5.74) is -4.40. The third-order valence-electron chi connectivity index (χ3n) is 10.3. The Morgan fingerprint density at radius 2 is 1.66 bits per heavy atom. The fourth-order valence-electron chi connectivity index (χ4n) is 8.69. The Balaban J connectivity index is 1.51. The molecule has 2 aliphatic carbocycles. The lowest BCUT2D eigenvalue weighted by molar-refractivity contribution is -0.212. The minimum absolute atomic E-state index is 0.0421. The number of epoxide rings is 1. The number of ether oxygens (including phenoxy) is 4. The van der Waals surface area contributed by atoms with Crippen molar-refractivity contribution in [3.8, 4) is 0 Å². The maximum absolute atomic E-state index is 14.2. The van der Waals surface area contributed by atoms with Crippen molar-refractivity contribution in [1.82, 2.24) is 0 Å². The Kier molecular flexibility index (Phi) is 4.20. The van der Waals surface area contributed by atoms with Crippen LogP contribution in [0.4, 0.5) is 0 Å². The van der Waals surface area contributed by atoms with Gasteiger partial charge in [0.25, 0.3) is 0 Å². The molecule has 0 amide bonds. The van der Waals surface area contributed by atoms with Crippen molar-refractivity contribution in [1.29, 1.82) is 0 Å². The van der Waals surface area contributed by atoms with Crippen molar-refractivity contribution < 1.29 is 43.2 Å². The van der Waals surface area contributed by atoms with Gasteiger partial charge in [-0.25, -0.2) is 14.4 Å². The van der Waals surface area contributed by atoms with Gasteiger partial charge in [0.1, 0.15) is 23.1 Å². The number of carbonyl (C=O) groups excluding carboxylic acids is 4. The third kappa shape index (κ3) is 2.46. The van der Waals surface area contributed by atoms with Crippen molar-refractivity contribution in [3.63, 3.8) is 0 Å². The van der Waals surface area contributed by atoms with E-state index < -0.39 is 63.9 Å². The molecule has 9 atom stereocenters. The Morgan fingerprint density at radius 1 is 0.943 bits per heavy atom. The van der Waals surface area contributed by atoms with Gasteiger partial charge in [-0.3, -0.25) is 4.79 Å². The molecule has 1 N–H and O–H groups in total. The van der Waals surface area contributed by atoms with Crippen LogP contribution in [0.1, 0.15) is 53.9 Å². The fraction of sp³-hybridized carbons (Fsp3) is 0.692. The van der Waals surface area contributed by atoms with Crippen LogP contribution >= 0.6 is 0 Å². The van der Waals surface area contributed by atoms with Gasteiger partial charge in [0.15, 0.2) is 6.10 Å². The van der Waals surface area contributed by atoms with E-state index >= 15 is 0 Å². The normalized spacial score (nSPS) is 51.5. The lowest BCUT2D eigenvalue weighted by atomic mass is 9.37. The molecule has 0 aromatic rings. The molecule has 4 aliphatic heterocycles. The van der Waals surface area contributed by atoms with Gasteiger partial charge in [-0.15, -0.1) is 0 Å². The Hall–Kier alpha value is -2.52. The average molecular weight is 487 g/mol. The van der Waals surface area contributed by atoms with Crippen LogP contribution in [0.15, 0.2) is 23.8 Å². The van der Waals surface area contributed by atoms with Crippen LogP contribution in [-0.4, -0.2) is 58.5 Å². The highest BCUT2D eigenvalue weighted by Crippen LogP contribution is 2.77. The van der Waals surface area contributed by atoms with E-state index in [1.807, 2.05) is 33.8 Å². The summed E-state index contributed by atoms with van der Waals surface area (Å²) in [6.07, 6.45) is 2.35. The topological polar surface area (TPSA) is 129 Å². The molecule has 0 unspecified atom stereocenters. The molecule has 6 aliphatic rings. The number of aliphatic hydroxyl groups excluding tert-OH is 1. The molecule has 4 fully saturated rings. The zero-order chi connectivity index (χ0) is 25.3. The van der Waals surface area contributed by atoms with Crippen molar-refractivity contribution in [2.45, 2.75) is 83.6 Å². The summed E-state index contributed by atoms with van der Waals surface area (Å²) in [6, 6.07) is 0. The molecular formula is C26H30O9. The third-order valence-corrected chi connectivity index (χ3v) is 10.3. The number of esters is 3. The molecule has 35 heavy (non-hydrogen) atoms. The molecule has 9 nitrogen and oxygen atoms in total. The van der Waals surface area contributed by atoms with Gasteiger partial charge in [-0.2, -0.15) is 0 Å². The molecule has 0 bridgehead atoms. The SMILES string of the molecule is CC1(C)OC(=O)C=C[C@]2(C)[C@H]3CC[C@@]4(C)[C@H](C5=CC(=O)O[C@@H]5O)OC(=O)[C@H]5O[C@]54[C@]3(C)C(=O)C[C@@H]12. The maximum atomic E-state index is 14.2. The molecule has 2 saturated carbocycles. The summed E-state index contributed by atoms with van der Waals surface area (Å²) < 4.78 is 22.6. The van der Waals surface area contributed by atoms with Crippen molar-refractivity contribution in [2.75, 3.05) is 0 Å². The summed E-state index contributed by atoms with van der Waals surface area (Å²) in [4.78, 5) is 51.5. The van der Waals surface area contributed by atoms with Crippen LogP contribution in [0.3, 0.4) is 0 Å². The number of hydrogen-bond donors (Lipinski definition) is 1. The largest absolute Gasteiger partial charge is 0.456 e. The summed E-state index contributed by atoms with van der Waals surface area (Å²) in [5, 5.41) is 10.4. The monoisotopic (exact) mass is 486 g/mol. The Labute approximate surface area is 202 Å². The van der Waals surface area contributed by atoms with E-state index in [1.165, 1.54) is 6.08 Å². The average Bonchev–Trinajstić information content (AvgIpc) is 3.47. The molecule has 0 aromatic carbocycles. The minimum Gasteiger partial charge on any atom is -0.456 e. The summed E-state index contributed by atoms with van der Waals surface area (Å²) >= 11 is 0. The molecule has 0 radical (unpaired) electrons. The first-order valence-electron chi connectivity index (χ1n) is 12.2. The maximum Gasteiger partial charge on any atom is 0.339 e. The highest BCUT2D eigenvalue weighted by atomic mass is 16.7. The second-order valence-corrected chi connectivity index (χ2v) is 12.1. The first-order valence-corrected chi connectivity index (χ1v) is 12.2. The van der Waals surface area contributed by atoms with Crippen LogP contribution in [0.25, 0.3) is 0 Å². The summed E-state index contributed by atoms with van der Waals surface area (Å²) in [6.45, 7) is 9.54. The molecule has 9 heteroatoms. The zero-order valence-corrected chi connectivity index (χ0v) is 20.5. The van der Waals surface area contributed by atoms with E-state index in [9.17, 15) is 24.3 Å². The van der Waals surface area contributed by atoms with Crippen molar-refractivity contribution in [3.05, 3.63) is 23.8 Å². The number of hydrogen-bond acceptors (Lipinski definition) is 9. The van der Waals surface area contributed by atoms with Gasteiger partial charge in [0.05, 0.1) is 5.41 Å². The molecule has 0 aromatic heterocycles. The summed E-state index contributed by atoms with van der Waals surface area (Å²) in [5.74, 6) is -2.29. The first kappa shape index (κ1) is 22.9. The minimum atomic E-state index is -1.52.